The second-order valence-electron chi connectivity index (χ2n) is 6.78. The first kappa shape index (κ1) is 24.8. The number of benzene rings is 3. The van der Waals surface area contributed by atoms with Gasteiger partial charge in [0.2, 0.25) is 0 Å². The first-order chi connectivity index (χ1) is 15.9. The van der Waals surface area contributed by atoms with E-state index in [1.165, 1.54) is 6.21 Å². The number of hydrogen-bond acceptors (Lipinski definition) is 5. The van der Waals surface area contributed by atoms with Crippen LogP contribution in [0.2, 0.25) is 10.0 Å². The number of ether oxygens (including phenoxy) is 2. The van der Waals surface area contributed by atoms with Gasteiger partial charge in [-0.05, 0) is 78.7 Å². The predicted octanol–water partition coefficient (Wildman–Crippen LogP) is 6.28. The number of carbonyl (C=O) groups excluding carboxylic acids is 2. The second-order valence-corrected chi connectivity index (χ2v) is 8.54. The smallest absolute Gasteiger partial charge is 0.311 e. The third-order valence-corrected chi connectivity index (χ3v) is 5.33. The van der Waals surface area contributed by atoms with Crippen molar-refractivity contribution in [2.45, 2.75) is 12.8 Å². The molecule has 0 aliphatic rings. The van der Waals surface area contributed by atoms with Crippen molar-refractivity contribution in [3.63, 3.8) is 0 Å². The summed E-state index contributed by atoms with van der Waals surface area (Å²) < 4.78 is 11.8. The van der Waals surface area contributed by atoms with Crippen LogP contribution in [0.15, 0.2) is 76.3 Å². The molecular formula is C24H19BrCl2N2O4. The van der Waals surface area contributed by atoms with E-state index in [1.54, 1.807) is 66.7 Å². The van der Waals surface area contributed by atoms with Crippen molar-refractivity contribution in [2.24, 2.45) is 5.10 Å². The zero-order valence-corrected chi connectivity index (χ0v) is 20.4. The molecule has 0 aliphatic carbocycles. The zero-order valence-electron chi connectivity index (χ0n) is 17.3. The largest absolute Gasteiger partial charge is 0.492 e. The summed E-state index contributed by atoms with van der Waals surface area (Å²) in [7, 11) is 0. The van der Waals surface area contributed by atoms with Gasteiger partial charge in [0, 0.05) is 21.5 Å². The fraction of sp³-hybridized carbons (Fsp3) is 0.125. The minimum atomic E-state index is -0.371. The van der Waals surface area contributed by atoms with Gasteiger partial charge in [-0.2, -0.15) is 5.10 Å². The van der Waals surface area contributed by atoms with Gasteiger partial charge in [-0.1, -0.05) is 39.1 Å². The van der Waals surface area contributed by atoms with Gasteiger partial charge in [0.05, 0.1) is 17.8 Å². The molecule has 6 nitrogen and oxygen atoms in total. The van der Waals surface area contributed by atoms with Gasteiger partial charge in [0.25, 0.3) is 5.91 Å². The van der Waals surface area contributed by atoms with Gasteiger partial charge in [-0.15, -0.1) is 0 Å². The van der Waals surface area contributed by atoms with E-state index in [-0.39, 0.29) is 18.3 Å². The number of nitrogens with zero attached hydrogens (tertiary/aromatic N) is 1. The number of halogens is 3. The van der Waals surface area contributed by atoms with E-state index >= 15 is 0 Å². The number of amides is 1. The standard InChI is InChI=1S/C24H19BrCl2N2O4/c25-18-7-5-17(6-8-18)24(31)29-28-15-16-3-10-20(11-4-16)33-23(30)2-1-13-32-22-12-9-19(26)14-21(22)27/h3-12,14-15H,1-2,13H2,(H,29,31)/b28-15-. The van der Waals surface area contributed by atoms with Gasteiger partial charge < -0.3 is 9.47 Å². The van der Waals surface area contributed by atoms with Crippen LogP contribution in [0.5, 0.6) is 11.5 Å². The van der Waals surface area contributed by atoms with Crippen molar-refractivity contribution >= 4 is 57.2 Å². The highest BCUT2D eigenvalue weighted by molar-refractivity contribution is 9.10. The first-order valence-corrected chi connectivity index (χ1v) is 11.4. The van der Waals surface area contributed by atoms with E-state index < -0.39 is 0 Å². The molecule has 0 aliphatic heterocycles. The highest BCUT2D eigenvalue weighted by Crippen LogP contribution is 2.27. The summed E-state index contributed by atoms with van der Waals surface area (Å²) in [5.41, 5.74) is 3.70. The highest BCUT2D eigenvalue weighted by atomic mass is 79.9. The van der Waals surface area contributed by atoms with Gasteiger partial charge in [-0.3, -0.25) is 9.59 Å². The van der Waals surface area contributed by atoms with Crippen LogP contribution in [0, 0.1) is 0 Å². The molecule has 0 spiro atoms. The quantitative estimate of drug-likeness (QED) is 0.112. The molecule has 0 atom stereocenters. The third-order valence-electron chi connectivity index (χ3n) is 4.27. The van der Waals surface area contributed by atoms with Crippen LogP contribution in [0.3, 0.4) is 0 Å². The van der Waals surface area contributed by atoms with Crippen LogP contribution in [0.4, 0.5) is 0 Å². The number of carbonyl (C=O) groups is 2. The van der Waals surface area contributed by atoms with Crippen molar-refractivity contribution in [1.29, 1.82) is 0 Å². The van der Waals surface area contributed by atoms with Gasteiger partial charge in [0.1, 0.15) is 11.5 Å². The van der Waals surface area contributed by atoms with E-state index in [1.807, 2.05) is 0 Å². The molecule has 33 heavy (non-hydrogen) atoms. The molecule has 9 heteroatoms. The molecule has 0 bridgehead atoms. The number of esters is 1. The number of nitrogens with one attached hydrogen (secondary N) is 1. The summed E-state index contributed by atoms with van der Waals surface area (Å²) in [6, 6.07) is 18.7. The fourth-order valence-corrected chi connectivity index (χ4v) is 3.35. The number of hydrogen-bond donors (Lipinski definition) is 1. The van der Waals surface area contributed by atoms with E-state index in [0.717, 1.165) is 10.0 Å². The molecule has 1 amide bonds. The average Bonchev–Trinajstić information content (AvgIpc) is 2.79. The molecule has 0 unspecified atom stereocenters. The lowest BCUT2D eigenvalue weighted by Crippen LogP contribution is -2.17. The van der Waals surface area contributed by atoms with E-state index in [0.29, 0.717) is 40.1 Å². The Kier molecular flexibility index (Phi) is 9.30. The Morgan fingerprint density at radius 3 is 2.42 bits per heavy atom. The third kappa shape index (κ3) is 8.20. The predicted molar refractivity (Wildman–Crippen MR) is 132 cm³/mol. The molecular weight excluding hydrogens is 531 g/mol. The van der Waals surface area contributed by atoms with Crippen molar-refractivity contribution < 1.29 is 19.1 Å². The van der Waals surface area contributed by atoms with Gasteiger partial charge in [0.15, 0.2) is 0 Å². The van der Waals surface area contributed by atoms with Crippen molar-refractivity contribution in [3.8, 4) is 11.5 Å². The minimum Gasteiger partial charge on any atom is -0.492 e. The second kappa shape index (κ2) is 12.4. The Hall–Kier alpha value is -2.87. The topological polar surface area (TPSA) is 77.0 Å². The maximum Gasteiger partial charge on any atom is 0.311 e. The minimum absolute atomic E-state index is 0.191. The maximum atomic E-state index is 12.0. The molecule has 0 aromatic heterocycles. The van der Waals surface area contributed by atoms with Crippen molar-refractivity contribution in [3.05, 3.63) is 92.4 Å². The van der Waals surface area contributed by atoms with Crippen molar-refractivity contribution in [2.75, 3.05) is 6.61 Å². The lowest BCUT2D eigenvalue weighted by molar-refractivity contribution is -0.134. The van der Waals surface area contributed by atoms with Crippen LogP contribution in [-0.4, -0.2) is 24.7 Å². The van der Waals surface area contributed by atoms with Gasteiger partial charge >= 0.3 is 5.97 Å². The number of hydrazone groups is 1. The van der Waals surface area contributed by atoms with Crippen LogP contribution in [0.25, 0.3) is 0 Å². The lowest BCUT2D eigenvalue weighted by Gasteiger charge is -2.08. The fourth-order valence-electron chi connectivity index (χ4n) is 2.63. The van der Waals surface area contributed by atoms with E-state index in [4.69, 9.17) is 32.7 Å². The summed E-state index contributed by atoms with van der Waals surface area (Å²) in [5, 5.41) is 4.89. The molecule has 3 rings (SSSR count). The lowest BCUT2D eigenvalue weighted by atomic mass is 10.2. The van der Waals surface area contributed by atoms with Crippen LogP contribution in [0.1, 0.15) is 28.8 Å². The molecule has 0 fully saturated rings. The van der Waals surface area contributed by atoms with Crippen LogP contribution < -0.4 is 14.9 Å². The monoisotopic (exact) mass is 548 g/mol. The Balaban J connectivity index is 1.39. The Morgan fingerprint density at radius 1 is 1.00 bits per heavy atom. The molecule has 3 aromatic rings. The molecule has 1 N–H and O–H groups in total. The summed E-state index contributed by atoms with van der Waals surface area (Å²) >= 11 is 15.2. The Bertz CT molecular complexity index is 1140. The zero-order chi connectivity index (χ0) is 23.6. The molecule has 0 saturated carbocycles. The van der Waals surface area contributed by atoms with Crippen LogP contribution in [-0.2, 0) is 4.79 Å². The SMILES string of the molecule is O=C(CCCOc1ccc(Cl)cc1Cl)Oc1ccc(/C=N\NC(=O)c2ccc(Br)cc2)cc1. The summed E-state index contributed by atoms with van der Waals surface area (Å²) in [6.07, 6.45) is 2.17. The van der Waals surface area contributed by atoms with Crippen molar-refractivity contribution in [1.82, 2.24) is 5.43 Å². The normalized spacial score (nSPS) is 10.8. The molecule has 3 aromatic carbocycles. The van der Waals surface area contributed by atoms with Gasteiger partial charge in [-0.25, -0.2) is 5.43 Å². The molecule has 0 radical (unpaired) electrons. The Morgan fingerprint density at radius 2 is 1.73 bits per heavy atom. The average molecular weight is 550 g/mol. The van der Waals surface area contributed by atoms with E-state index in [2.05, 4.69) is 26.5 Å². The maximum absolute atomic E-state index is 12.0. The Labute approximate surface area is 209 Å². The first-order valence-electron chi connectivity index (χ1n) is 9.88. The number of rotatable bonds is 9. The highest BCUT2D eigenvalue weighted by Gasteiger charge is 2.07. The molecule has 0 saturated heterocycles. The molecule has 0 heterocycles. The summed E-state index contributed by atoms with van der Waals surface area (Å²) in [4.78, 5) is 24.0. The summed E-state index contributed by atoms with van der Waals surface area (Å²) in [5.74, 6) is 0.244. The van der Waals surface area contributed by atoms with E-state index in [9.17, 15) is 9.59 Å². The summed E-state index contributed by atoms with van der Waals surface area (Å²) in [6.45, 7) is 0.317. The van der Waals surface area contributed by atoms with Crippen LogP contribution >= 0.6 is 39.1 Å². The molecule has 170 valence electrons.